The Morgan fingerprint density at radius 1 is 1.05 bits per heavy atom. The lowest BCUT2D eigenvalue weighted by molar-refractivity contribution is -0.142. The van der Waals surface area contributed by atoms with E-state index in [0.717, 1.165) is 24.3 Å². The van der Waals surface area contributed by atoms with Crippen molar-refractivity contribution in [2.45, 2.75) is 72.1 Å². The van der Waals surface area contributed by atoms with Crippen LogP contribution in [0.1, 0.15) is 71.4 Å². The highest BCUT2D eigenvalue weighted by molar-refractivity contribution is 5.72. The normalized spacial score (nSPS) is 11.7. The molecule has 0 fully saturated rings. The van der Waals surface area contributed by atoms with Gasteiger partial charge in [-0.2, -0.15) is 0 Å². The van der Waals surface area contributed by atoms with E-state index in [1.54, 1.807) is 0 Å². The van der Waals surface area contributed by atoms with E-state index in [0.29, 0.717) is 13.0 Å². The first-order chi connectivity index (χ1) is 10.3. The second-order valence-corrected chi connectivity index (χ2v) is 7.59. The molecular formula is C20H32O2. The lowest BCUT2D eigenvalue weighted by Gasteiger charge is -2.19. The number of benzene rings is 1. The molecular weight excluding hydrogens is 272 g/mol. The molecule has 0 spiro atoms. The first kappa shape index (κ1) is 18.7. The number of esters is 1. The maximum Gasteiger partial charge on any atom is 0.310 e. The van der Waals surface area contributed by atoms with Gasteiger partial charge in [-0.15, -0.1) is 0 Å². The van der Waals surface area contributed by atoms with Gasteiger partial charge in [0.1, 0.15) is 0 Å². The molecule has 0 aliphatic heterocycles. The monoisotopic (exact) mass is 304 g/mol. The summed E-state index contributed by atoms with van der Waals surface area (Å²) in [4.78, 5) is 11.8. The summed E-state index contributed by atoms with van der Waals surface area (Å²) in [5.74, 6) is 0.644. The molecule has 1 aromatic rings. The first-order valence-electron chi connectivity index (χ1n) is 8.54. The van der Waals surface area contributed by atoms with Crippen molar-refractivity contribution in [1.29, 1.82) is 0 Å². The Bertz CT molecular complexity index is 438. The minimum absolute atomic E-state index is 0.118. The van der Waals surface area contributed by atoms with Crippen molar-refractivity contribution in [1.82, 2.24) is 0 Å². The minimum atomic E-state index is -0.118. The third-order valence-electron chi connectivity index (χ3n) is 3.86. The molecule has 0 aliphatic carbocycles. The Hall–Kier alpha value is -1.31. The van der Waals surface area contributed by atoms with E-state index >= 15 is 0 Å². The van der Waals surface area contributed by atoms with Crippen LogP contribution in [0.15, 0.2) is 24.3 Å². The van der Waals surface area contributed by atoms with Gasteiger partial charge in [-0.25, -0.2) is 0 Å². The van der Waals surface area contributed by atoms with Crippen molar-refractivity contribution in [2.24, 2.45) is 5.92 Å². The molecule has 124 valence electrons. The second-order valence-electron chi connectivity index (χ2n) is 7.59. The summed E-state index contributed by atoms with van der Waals surface area (Å²) < 4.78 is 5.31. The number of carbonyl (C=O) groups is 1. The Morgan fingerprint density at radius 3 is 2.23 bits per heavy atom. The van der Waals surface area contributed by atoms with Gasteiger partial charge in [0.05, 0.1) is 13.0 Å². The van der Waals surface area contributed by atoms with Crippen molar-refractivity contribution >= 4 is 5.97 Å². The van der Waals surface area contributed by atoms with Gasteiger partial charge in [0.15, 0.2) is 0 Å². The van der Waals surface area contributed by atoms with Crippen LogP contribution in [0.3, 0.4) is 0 Å². The summed E-state index contributed by atoms with van der Waals surface area (Å²) in [5.41, 5.74) is 2.46. The number of hydrogen-bond acceptors (Lipinski definition) is 2. The van der Waals surface area contributed by atoms with E-state index < -0.39 is 0 Å². The van der Waals surface area contributed by atoms with E-state index in [1.165, 1.54) is 18.4 Å². The minimum Gasteiger partial charge on any atom is -0.465 e. The Kier molecular flexibility index (Phi) is 7.64. The number of ether oxygens (including phenoxy) is 1. The molecule has 1 rings (SSSR count). The lowest BCUT2D eigenvalue weighted by Crippen LogP contribution is -2.12. The summed E-state index contributed by atoms with van der Waals surface area (Å²) >= 11 is 0. The zero-order valence-electron chi connectivity index (χ0n) is 14.9. The van der Waals surface area contributed by atoms with Crippen LogP contribution in [0.25, 0.3) is 0 Å². The topological polar surface area (TPSA) is 26.3 Å². The van der Waals surface area contributed by atoms with Crippen LogP contribution in [-0.4, -0.2) is 12.6 Å². The van der Waals surface area contributed by atoms with Crippen molar-refractivity contribution in [2.75, 3.05) is 6.61 Å². The molecule has 0 aliphatic rings. The van der Waals surface area contributed by atoms with E-state index in [4.69, 9.17) is 4.74 Å². The highest BCUT2D eigenvalue weighted by Gasteiger charge is 2.13. The first-order valence-corrected chi connectivity index (χ1v) is 8.54. The fourth-order valence-electron chi connectivity index (χ4n) is 2.36. The Labute approximate surface area is 136 Å². The van der Waals surface area contributed by atoms with Gasteiger partial charge < -0.3 is 4.74 Å². The van der Waals surface area contributed by atoms with Crippen molar-refractivity contribution in [3.8, 4) is 0 Å². The third-order valence-corrected chi connectivity index (χ3v) is 3.86. The molecule has 0 saturated heterocycles. The average Bonchev–Trinajstić information content (AvgIpc) is 2.42. The molecule has 2 nitrogen and oxygen atoms in total. The maximum atomic E-state index is 11.8. The van der Waals surface area contributed by atoms with Crippen molar-refractivity contribution < 1.29 is 9.53 Å². The lowest BCUT2D eigenvalue weighted by atomic mass is 9.86. The summed E-state index contributed by atoms with van der Waals surface area (Å²) in [6.45, 7) is 11.6. The molecule has 2 heteroatoms. The molecule has 0 radical (unpaired) electrons. The number of hydrogen-bond donors (Lipinski definition) is 0. The van der Waals surface area contributed by atoms with Crippen LogP contribution >= 0.6 is 0 Å². The standard InChI is InChI=1S/C20H32O2/c1-16(2)9-7-6-8-14-22-19(21)15-17-10-12-18(13-11-17)20(3,4)5/h10-13,16H,6-9,14-15H2,1-5H3. The van der Waals surface area contributed by atoms with E-state index in [9.17, 15) is 4.79 Å². The highest BCUT2D eigenvalue weighted by atomic mass is 16.5. The van der Waals surface area contributed by atoms with Crippen LogP contribution in [0, 0.1) is 5.92 Å². The summed E-state index contributed by atoms with van der Waals surface area (Å²) in [6.07, 6.45) is 4.97. The van der Waals surface area contributed by atoms with Crippen LogP contribution in [0.4, 0.5) is 0 Å². The maximum absolute atomic E-state index is 11.8. The summed E-state index contributed by atoms with van der Waals surface area (Å²) in [6, 6.07) is 8.28. The molecule has 1 aromatic carbocycles. The molecule has 22 heavy (non-hydrogen) atoms. The number of rotatable bonds is 8. The Balaban J connectivity index is 2.25. The van der Waals surface area contributed by atoms with Gasteiger partial charge in [-0.3, -0.25) is 4.79 Å². The number of unbranched alkanes of at least 4 members (excludes halogenated alkanes) is 2. The fraction of sp³-hybridized carbons (Fsp3) is 0.650. The van der Waals surface area contributed by atoms with Gasteiger partial charge >= 0.3 is 5.97 Å². The molecule has 0 atom stereocenters. The van der Waals surface area contributed by atoms with Crippen LogP contribution in [-0.2, 0) is 21.4 Å². The molecule has 0 amide bonds. The van der Waals surface area contributed by atoms with Gasteiger partial charge in [-0.05, 0) is 28.9 Å². The van der Waals surface area contributed by atoms with Gasteiger partial charge in [0.25, 0.3) is 0 Å². The SMILES string of the molecule is CC(C)CCCCCOC(=O)Cc1ccc(C(C)(C)C)cc1. The number of carbonyl (C=O) groups excluding carboxylic acids is 1. The van der Waals surface area contributed by atoms with Gasteiger partial charge in [-0.1, -0.05) is 78.1 Å². The third kappa shape index (κ3) is 7.63. The summed E-state index contributed by atoms with van der Waals surface area (Å²) in [5, 5.41) is 0. The highest BCUT2D eigenvalue weighted by Crippen LogP contribution is 2.22. The van der Waals surface area contributed by atoms with Crippen LogP contribution < -0.4 is 0 Å². The molecule has 0 aromatic heterocycles. The van der Waals surface area contributed by atoms with Crippen LogP contribution in [0.5, 0.6) is 0 Å². The molecule has 0 unspecified atom stereocenters. The average molecular weight is 304 g/mol. The molecule has 0 N–H and O–H groups in total. The Morgan fingerprint density at radius 2 is 1.68 bits per heavy atom. The van der Waals surface area contributed by atoms with E-state index in [-0.39, 0.29) is 11.4 Å². The van der Waals surface area contributed by atoms with E-state index in [2.05, 4.69) is 46.8 Å². The predicted octanol–water partition coefficient (Wildman–Crippen LogP) is 5.29. The van der Waals surface area contributed by atoms with Crippen molar-refractivity contribution in [3.63, 3.8) is 0 Å². The summed E-state index contributed by atoms with van der Waals surface area (Å²) in [7, 11) is 0. The predicted molar refractivity (Wildman–Crippen MR) is 93.1 cm³/mol. The van der Waals surface area contributed by atoms with Gasteiger partial charge in [0, 0.05) is 0 Å². The van der Waals surface area contributed by atoms with E-state index in [1.807, 2.05) is 12.1 Å². The molecule has 0 heterocycles. The smallest absolute Gasteiger partial charge is 0.310 e. The largest absolute Gasteiger partial charge is 0.465 e. The second kappa shape index (κ2) is 8.97. The fourth-order valence-corrected chi connectivity index (χ4v) is 2.36. The van der Waals surface area contributed by atoms with Gasteiger partial charge in [0.2, 0.25) is 0 Å². The molecule has 0 bridgehead atoms. The van der Waals surface area contributed by atoms with Crippen molar-refractivity contribution in [3.05, 3.63) is 35.4 Å². The zero-order chi connectivity index (χ0) is 16.6. The zero-order valence-corrected chi connectivity index (χ0v) is 14.9. The van der Waals surface area contributed by atoms with Crippen LogP contribution in [0.2, 0.25) is 0 Å². The quantitative estimate of drug-likeness (QED) is 0.482. The molecule has 0 saturated carbocycles.